The average molecular weight is 226 g/mol. The molecule has 1 aromatic rings. The minimum atomic E-state index is 0.176. The number of hydrogen-bond donors (Lipinski definition) is 0. The number of Topliss-reactive ketones (excluding diaryl/α,β-unsaturated/α-hetero) is 1. The van der Waals surface area contributed by atoms with Gasteiger partial charge in [0.25, 0.3) is 0 Å². The Labute approximate surface area is 103 Å². The molecule has 1 aromatic carbocycles. The maximum absolute atomic E-state index is 11.5. The third-order valence-electron chi connectivity index (χ3n) is 4.08. The number of fused-ring (bicyclic) bond motifs is 2. The molecular formula is C16H18O. The van der Waals surface area contributed by atoms with Crippen molar-refractivity contribution in [3.63, 3.8) is 0 Å². The maximum Gasteiger partial charge on any atom is 0.159 e. The van der Waals surface area contributed by atoms with Crippen molar-refractivity contribution in [1.29, 1.82) is 0 Å². The summed E-state index contributed by atoms with van der Waals surface area (Å²) in [7, 11) is 0. The molecule has 1 heteroatoms. The van der Waals surface area contributed by atoms with Gasteiger partial charge in [-0.05, 0) is 61.8 Å². The van der Waals surface area contributed by atoms with Crippen molar-refractivity contribution < 1.29 is 4.79 Å². The predicted molar refractivity (Wildman–Crippen MR) is 70.2 cm³/mol. The molecule has 0 aliphatic heterocycles. The van der Waals surface area contributed by atoms with Gasteiger partial charge < -0.3 is 0 Å². The summed E-state index contributed by atoms with van der Waals surface area (Å²) in [5.74, 6) is 0.176. The van der Waals surface area contributed by atoms with Crippen LogP contribution in [0.5, 0.6) is 0 Å². The summed E-state index contributed by atoms with van der Waals surface area (Å²) < 4.78 is 0. The van der Waals surface area contributed by atoms with E-state index < -0.39 is 0 Å². The lowest BCUT2D eigenvalue weighted by Gasteiger charge is -2.06. The molecule has 88 valence electrons. The Morgan fingerprint density at radius 2 is 1.94 bits per heavy atom. The van der Waals surface area contributed by atoms with Gasteiger partial charge in [0.2, 0.25) is 0 Å². The third-order valence-corrected chi connectivity index (χ3v) is 4.08. The fourth-order valence-corrected chi connectivity index (χ4v) is 3.13. The van der Waals surface area contributed by atoms with E-state index in [4.69, 9.17) is 0 Å². The Balaban J connectivity index is 2.05. The van der Waals surface area contributed by atoms with Gasteiger partial charge in [-0.25, -0.2) is 0 Å². The molecule has 0 amide bonds. The van der Waals surface area contributed by atoms with E-state index in [0.717, 1.165) is 12.0 Å². The van der Waals surface area contributed by atoms with Crippen molar-refractivity contribution >= 4 is 11.4 Å². The number of hydrogen-bond acceptors (Lipinski definition) is 1. The Morgan fingerprint density at radius 1 is 1.12 bits per heavy atom. The first-order valence-corrected chi connectivity index (χ1v) is 6.61. The van der Waals surface area contributed by atoms with Crippen molar-refractivity contribution in [1.82, 2.24) is 0 Å². The topological polar surface area (TPSA) is 17.1 Å². The smallest absolute Gasteiger partial charge is 0.159 e. The highest BCUT2D eigenvalue weighted by atomic mass is 16.1. The van der Waals surface area contributed by atoms with Crippen molar-refractivity contribution in [2.45, 2.75) is 45.4 Å². The molecule has 0 heterocycles. The molecule has 3 rings (SSSR count). The van der Waals surface area contributed by atoms with Crippen molar-refractivity contribution in [3.05, 3.63) is 40.5 Å². The summed E-state index contributed by atoms with van der Waals surface area (Å²) in [5.41, 5.74) is 6.86. The van der Waals surface area contributed by atoms with Gasteiger partial charge >= 0.3 is 0 Å². The van der Waals surface area contributed by atoms with Gasteiger partial charge in [0.15, 0.2) is 5.78 Å². The van der Waals surface area contributed by atoms with E-state index in [1.54, 1.807) is 18.1 Å². The number of carbonyl (C=O) groups excluding carboxylic acids is 1. The molecule has 0 aromatic heterocycles. The average Bonchev–Trinajstić information content (AvgIpc) is 2.51. The summed E-state index contributed by atoms with van der Waals surface area (Å²) in [6.07, 6.45) is 7.61. The van der Waals surface area contributed by atoms with Crippen molar-refractivity contribution in [3.8, 4) is 0 Å². The molecule has 0 N–H and O–H groups in total. The van der Waals surface area contributed by atoms with E-state index in [1.165, 1.54) is 43.2 Å². The van der Waals surface area contributed by atoms with Gasteiger partial charge in [-0.1, -0.05) is 24.1 Å². The Kier molecular flexibility index (Phi) is 2.62. The number of rotatable bonds is 1. The zero-order valence-electron chi connectivity index (χ0n) is 10.4. The summed E-state index contributed by atoms with van der Waals surface area (Å²) in [4.78, 5) is 11.5. The summed E-state index contributed by atoms with van der Waals surface area (Å²) in [5, 5.41) is 0. The van der Waals surface area contributed by atoms with Crippen LogP contribution in [0.2, 0.25) is 0 Å². The number of carbonyl (C=O) groups is 1. The number of ketones is 1. The van der Waals surface area contributed by atoms with Crippen LogP contribution in [0.25, 0.3) is 5.57 Å². The maximum atomic E-state index is 11.5. The molecule has 0 atom stereocenters. The highest BCUT2D eigenvalue weighted by Crippen LogP contribution is 2.40. The second-order valence-electron chi connectivity index (χ2n) is 5.25. The molecule has 0 bridgehead atoms. The first-order chi connectivity index (χ1) is 8.25. The van der Waals surface area contributed by atoms with Crippen LogP contribution in [0.4, 0.5) is 0 Å². The second kappa shape index (κ2) is 4.14. The van der Waals surface area contributed by atoms with Crippen LogP contribution in [0, 0.1) is 0 Å². The second-order valence-corrected chi connectivity index (χ2v) is 5.25. The minimum absolute atomic E-state index is 0.176. The van der Waals surface area contributed by atoms with Gasteiger partial charge in [-0.3, -0.25) is 4.79 Å². The monoisotopic (exact) mass is 226 g/mol. The van der Waals surface area contributed by atoms with Crippen LogP contribution >= 0.6 is 0 Å². The first kappa shape index (κ1) is 10.8. The summed E-state index contributed by atoms with van der Waals surface area (Å²) in [6.45, 7) is 1.65. The van der Waals surface area contributed by atoms with Gasteiger partial charge in [-0.2, -0.15) is 0 Å². The molecule has 1 nitrogen and oxygen atoms in total. The highest BCUT2D eigenvalue weighted by molar-refractivity contribution is 5.95. The van der Waals surface area contributed by atoms with Gasteiger partial charge in [0, 0.05) is 5.56 Å². The number of benzene rings is 1. The molecular weight excluding hydrogens is 208 g/mol. The molecule has 2 aliphatic carbocycles. The molecule has 17 heavy (non-hydrogen) atoms. The molecule has 0 fully saturated rings. The van der Waals surface area contributed by atoms with Gasteiger partial charge in [0.1, 0.15) is 0 Å². The summed E-state index contributed by atoms with van der Waals surface area (Å²) >= 11 is 0. The standard InChI is InChI=1S/C16H18O/c1-11(17)12-7-8-14-9-13-5-3-2-4-6-15(13)16(14)10-12/h7-8,10H,2-6,9H2,1H3. The molecule has 0 unspecified atom stereocenters. The lowest BCUT2D eigenvalue weighted by atomic mass is 9.98. The highest BCUT2D eigenvalue weighted by Gasteiger charge is 2.23. The zero-order chi connectivity index (χ0) is 11.8. The Hall–Kier alpha value is -1.37. The molecule has 0 saturated heterocycles. The van der Waals surface area contributed by atoms with Crippen LogP contribution < -0.4 is 0 Å². The largest absolute Gasteiger partial charge is 0.295 e. The van der Waals surface area contributed by atoms with Crippen LogP contribution in [0.3, 0.4) is 0 Å². The van der Waals surface area contributed by atoms with Crippen molar-refractivity contribution in [2.75, 3.05) is 0 Å². The van der Waals surface area contributed by atoms with E-state index in [0.29, 0.717) is 0 Å². The normalized spacial score (nSPS) is 18.6. The van der Waals surface area contributed by atoms with E-state index in [1.807, 2.05) is 6.07 Å². The van der Waals surface area contributed by atoms with E-state index in [2.05, 4.69) is 12.1 Å². The fraction of sp³-hybridized carbons (Fsp3) is 0.438. The van der Waals surface area contributed by atoms with Crippen LogP contribution in [-0.2, 0) is 6.42 Å². The molecule has 0 radical (unpaired) electrons. The van der Waals surface area contributed by atoms with Crippen molar-refractivity contribution in [2.24, 2.45) is 0 Å². The van der Waals surface area contributed by atoms with Gasteiger partial charge in [0.05, 0.1) is 0 Å². The lowest BCUT2D eigenvalue weighted by Crippen LogP contribution is -1.95. The molecule has 0 saturated carbocycles. The van der Waals surface area contributed by atoms with E-state index in [-0.39, 0.29) is 5.78 Å². The SMILES string of the molecule is CC(=O)c1ccc2c(c1)C1=C(CCCCC1)C2. The minimum Gasteiger partial charge on any atom is -0.295 e. The van der Waals surface area contributed by atoms with Crippen LogP contribution in [-0.4, -0.2) is 5.78 Å². The Bertz CT molecular complexity index is 508. The molecule has 0 spiro atoms. The third kappa shape index (κ3) is 1.84. The lowest BCUT2D eigenvalue weighted by molar-refractivity contribution is 0.101. The van der Waals surface area contributed by atoms with Gasteiger partial charge in [-0.15, -0.1) is 0 Å². The van der Waals surface area contributed by atoms with Crippen LogP contribution in [0.15, 0.2) is 23.8 Å². The molecule has 2 aliphatic rings. The van der Waals surface area contributed by atoms with E-state index >= 15 is 0 Å². The zero-order valence-corrected chi connectivity index (χ0v) is 10.4. The first-order valence-electron chi connectivity index (χ1n) is 6.61. The van der Waals surface area contributed by atoms with E-state index in [9.17, 15) is 4.79 Å². The Morgan fingerprint density at radius 3 is 2.76 bits per heavy atom. The number of allylic oxidation sites excluding steroid dienone is 2. The predicted octanol–water partition coefficient (Wildman–Crippen LogP) is 4.16. The quantitative estimate of drug-likeness (QED) is 0.657. The van der Waals surface area contributed by atoms with Crippen LogP contribution in [0.1, 0.15) is 60.5 Å². The fourth-order valence-electron chi connectivity index (χ4n) is 3.13. The summed E-state index contributed by atoms with van der Waals surface area (Å²) in [6, 6.07) is 6.25.